The molecule has 2 aromatic rings. The number of morpholine rings is 1. The Kier molecular flexibility index (Phi) is 4.57. The molecule has 3 aliphatic rings. The van der Waals surface area contributed by atoms with Gasteiger partial charge in [0.15, 0.2) is 5.78 Å². The summed E-state index contributed by atoms with van der Waals surface area (Å²) >= 11 is 0. The highest BCUT2D eigenvalue weighted by Crippen LogP contribution is 2.36. The van der Waals surface area contributed by atoms with Gasteiger partial charge in [-0.05, 0) is 18.9 Å². The highest BCUT2D eigenvalue weighted by Gasteiger charge is 2.48. The molecule has 0 aliphatic carbocycles. The lowest BCUT2D eigenvalue weighted by molar-refractivity contribution is -0.152. The van der Waals surface area contributed by atoms with Crippen molar-refractivity contribution in [1.82, 2.24) is 19.3 Å². The quantitative estimate of drug-likeness (QED) is 0.658. The first-order valence-electron chi connectivity index (χ1n) is 10.1. The van der Waals surface area contributed by atoms with E-state index >= 15 is 0 Å². The largest absolute Gasteiger partial charge is 0.408 e. The zero-order valence-electron chi connectivity index (χ0n) is 16.7. The van der Waals surface area contributed by atoms with Crippen LogP contribution >= 0.6 is 0 Å². The summed E-state index contributed by atoms with van der Waals surface area (Å²) in [7, 11) is 1.55. The van der Waals surface area contributed by atoms with Gasteiger partial charge in [0, 0.05) is 32.4 Å². The van der Waals surface area contributed by atoms with Gasteiger partial charge in [-0.2, -0.15) is 23.3 Å². The summed E-state index contributed by atoms with van der Waals surface area (Å²) in [6, 6.07) is 0.947. The van der Waals surface area contributed by atoms with Crippen molar-refractivity contribution in [3.63, 3.8) is 0 Å². The zero-order valence-corrected chi connectivity index (χ0v) is 16.7. The number of nitrogens with zero attached hydrogens (tertiary/aromatic N) is 6. The molecule has 2 fully saturated rings. The Morgan fingerprint density at radius 3 is 2.77 bits per heavy atom. The fourth-order valence-electron chi connectivity index (χ4n) is 4.69. The summed E-state index contributed by atoms with van der Waals surface area (Å²) in [5.41, 5.74) is -0.243. The minimum absolute atomic E-state index is 0.0380. The Labute approximate surface area is 175 Å². The van der Waals surface area contributed by atoms with Crippen LogP contribution in [0, 0.1) is 0 Å². The third-order valence-corrected chi connectivity index (χ3v) is 6.23. The number of hydrogen-bond donors (Lipinski definition) is 0. The number of ether oxygens (including phenoxy) is 1. The van der Waals surface area contributed by atoms with E-state index in [1.807, 2.05) is 4.90 Å². The number of aryl methyl sites for hydroxylation is 1. The Bertz CT molecular complexity index is 1080. The summed E-state index contributed by atoms with van der Waals surface area (Å²) in [5, 5.41) is 3.91. The van der Waals surface area contributed by atoms with Crippen molar-refractivity contribution in [2.24, 2.45) is 7.05 Å². The van der Waals surface area contributed by atoms with Crippen molar-refractivity contribution < 1.29 is 22.7 Å². The molecule has 3 atom stereocenters. The van der Waals surface area contributed by atoms with Crippen LogP contribution in [-0.2, 0) is 18.3 Å². The maximum absolute atomic E-state index is 13.9. The van der Waals surface area contributed by atoms with Crippen LogP contribution < -0.4 is 15.4 Å². The van der Waals surface area contributed by atoms with E-state index < -0.39 is 30.1 Å². The molecule has 5 rings (SSSR count). The van der Waals surface area contributed by atoms with Crippen LogP contribution in [0.3, 0.4) is 0 Å². The topological polar surface area (TPSA) is 85.5 Å². The first kappa shape index (κ1) is 20.0. The smallest absolute Gasteiger partial charge is 0.374 e. The second kappa shape index (κ2) is 7.08. The number of ketones is 1. The second-order valence-electron chi connectivity index (χ2n) is 8.14. The number of aromatic nitrogens is 4. The SMILES string of the molecule is Cn1nccc1C(=O)CN1c2nc(N3C[C@@H]4CC3CO4)cc(=O)n2CC[C@H]1C(F)(F)F. The normalized spacial score (nSPS) is 25.2. The maximum atomic E-state index is 13.9. The number of alkyl halides is 3. The fraction of sp³-hybridized carbons (Fsp3) is 0.579. The van der Waals surface area contributed by atoms with Crippen LogP contribution in [0.2, 0.25) is 0 Å². The molecule has 2 aromatic heterocycles. The Balaban J connectivity index is 1.55. The van der Waals surface area contributed by atoms with Crippen molar-refractivity contribution >= 4 is 17.5 Å². The molecule has 1 unspecified atom stereocenters. The molecule has 166 valence electrons. The molecule has 2 bridgehead atoms. The lowest BCUT2D eigenvalue weighted by atomic mass is 10.1. The number of carbonyl (C=O) groups is 1. The highest BCUT2D eigenvalue weighted by atomic mass is 19.4. The predicted octanol–water partition coefficient (Wildman–Crippen LogP) is 0.978. The first-order valence-corrected chi connectivity index (χ1v) is 10.1. The fourth-order valence-corrected chi connectivity index (χ4v) is 4.69. The third-order valence-electron chi connectivity index (χ3n) is 6.23. The molecule has 31 heavy (non-hydrogen) atoms. The van der Waals surface area contributed by atoms with Crippen LogP contribution in [-0.4, -0.2) is 69.2 Å². The number of rotatable bonds is 4. The van der Waals surface area contributed by atoms with E-state index in [1.54, 1.807) is 7.05 Å². The van der Waals surface area contributed by atoms with Gasteiger partial charge < -0.3 is 14.5 Å². The maximum Gasteiger partial charge on any atom is 0.408 e. The first-order chi connectivity index (χ1) is 14.7. The molecular weight excluding hydrogens is 417 g/mol. The van der Waals surface area contributed by atoms with E-state index in [0.717, 1.165) is 11.3 Å². The number of halogens is 3. The van der Waals surface area contributed by atoms with Crippen LogP contribution in [0.1, 0.15) is 23.3 Å². The van der Waals surface area contributed by atoms with Gasteiger partial charge in [-0.15, -0.1) is 0 Å². The number of Topliss-reactive ketones (excluding diaryl/α,β-unsaturated/α-hetero) is 1. The highest BCUT2D eigenvalue weighted by molar-refractivity contribution is 5.97. The Morgan fingerprint density at radius 1 is 1.35 bits per heavy atom. The Hall–Kier alpha value is -2.89. The van der Waals surface area contributed by atoms with E-state index in [1.165, 1.54) is 27.6 Å². The van der Waals surface area contributed by atoms with Gasteiger partial charge in [-0.25, -0.2) is 0 Å². The van der Waals surface area contributed by atoms with E-state index in [9.17, 15) is 22.8 Å². The van der Waals surface area contributed by atoms with Crippen molar-refractivity contribution in [2.75, 3.05) is 29.5 Å². The predicted molar refractivity (Wildman–Crippen MR) is 103 cm³/mol. The second-order valence-corrected chi connectivity index (χ2v) is 8.14. The van der Waals surface area contributed by atoms with E-state index in [0.29, 0.717) is 19.0 Å². The molecule has 2 saturated heterocycles. The number of hydrogen-bond acceptors (Lipinski definition) is 7. The third kappa shape index (κ3) is 3.38. The molecule has 0 amide bonds. The lowest BCUT2D eigenvalue weighted by Crippen LogP contribution is -2.54. The van der Waals surface area contributed by atoms with Crippen molar-refractivity contribution in [3.8, 4) is 0 Å². The van der Waals surface area contributed by atoms with Crippen LogP contribution in [0.25, 0.3) is 0 Å². The van der Waals surface area contributed by atoms with Crippen LogP contribution in [0.15, 0.2) is 23.1 Å². The van der Waals surface area contributed by atoms with Gasteiger partial charge in [0.05, 0.1) is 25.3 Å². The zero-order chi connectivity index (χ0) is 21.9. The van der Waals surface area contributed by atoms with Gasteiger partial charge in [0.1, 0.15) is 17.6 Å². The van der Waals surface area contributed by atoms with E-state index in [2.05, 4.69) is 10.1 Å². The molecule has 9 nitrogen and oxygen atoms in total. The minimum atomic E-state index is -4.58. The summed E-state index contributed by atoms with van der Waals surface area (Å²) in [6.07, 6.45) is -2.67. The van der Waals surface area contributed by atoms with Gasteiger partial charge in [0.25, 0.3) is 5.56 Å². The minimum Gasteiger partial charge on any atom is -0.374 e. The molecule has 3 aliphatic heterocycles. The molecule has 12 heteroatoms. The molecular formula is C19H21F3N6O3. The number of carbonyl (C=O) groups excluding carboxylic acids is 1. The average molecular weight is 438 g/mol. The van der Waals surface area contributed by atoms with Crippen molar-refractivity contribution in [2.45, 2.75) is 43.8 Å². The molecule has 0 saturated carbocycles. The van der Waals surface area contributed by atoms with Crippen molar-refractivity contribution in [3.05, 3.63) is 34.4 Å². The summed E-state index contributed by atoms with van der Waals surface area (Å²) < 4.78 is 49.7. The summed E-state index contributed by atoms with van der Waals surface area (Å²) in [4.78, 5) is 32.9. The average Bonchev–Trinajstić information content (AvgIpc) is 3.44. The molecule has 0 N–H and O–H groups in total. The number of fused-ring (bicyclic) bond motifs is 3. The van der Waals surface area contributed by atoms with Gasteiger partial charge in [-0.1, -0.05) is 0 Å². The van der Waals surface area contributed by atoms with Crippen molar-refractivity contribution in [1.29, 1.82) is 0 Å². The lowest BCUT2D eigenvalue weighted by Gasteiger charge is -2.39. The molecule has 0 aromatic carbocycles. The molecule has 0 radical (unpaired) electrons. The van der Waals surface area contributed by atoms with Gasteiger partial charge in [0.2, 0.25) is 5.95 Å². The van der Waals surface area contributed by atoms with Gasteiger partial charge >= 0.3 is 6.18 Å². The summed E-state index contributed by atoms with van der Waals surface area (Å²) in [6.45, 7) is 0.363. The molecule has 5 heterocycles. The molecule has 0 spiro atoms. The summed E-state index contributed by atoms with van der Waals surface area (Å²) in [5.74, 6) is -0.334. The number of anilines is 2. The van der Waals surface area contributed by atoms with E-state index in [4.69, 9.17) is 4.74 Å². The Morgan fingerprint density at radius 2 is 2.16 bits per heavy atom. The van der Waals surface area contributed by atoms with Crippen LogP contribution in [0.5, 0.6) is 0 Å². The van der Waals surface area contributed by atoms with Crippen LogP contribution in [0.4, 0.5) is 24.9 Å². The standard InChI is InChI=1S/C19H21F3N6O3/c1-25-13(2-4-23-25)14(29)9-28-15(19(20,21)22)3-5-26-17(30)7-16(24-18(26)28)27-8-12-6-11(27)10-31-12/h2,4,7,11-12,15H,3,5-6,8-10H2,1H3/t11?,12-,15-/m0/s1. The van der Waals surface area contributed by atoms with E-state index in [-0.39, 0.29) is 36.8 Å². The van der Waals surface area contributed by atoms with Gasteiger partial charge in [-0.3, -0.25) is 18.8 Å². The monoisotopic (exact) mass is 438 g/mol.